The van der Waals surface area contributed by atoms with Gasteiger partial charge in [0.2, 0.25) is 0 Å². The van der Waals surface area contributed by atoms with Gasteiger partial charge in [-0.2, -0.15) is 0 Å². The Kier molecular flexibility index (Phi) is 4.65. The highest BCUT2D eigenvalue weighted by atomic mass is 15.4. The van der Waals surface area contributed by atoms with E-state index in [4.69, 9.17) is 0 Å². The molecular formula is C18H23N3. The molecule has 0 bridgehead atoms. The molecule has 0 aliphatic carbocycles. The Labute approximate surface area is 126 Å². The van der Waals surface area contributed by atoms with Crippen molar-refractivity contribution < 1.29 is 0 Å². The Morgan fingerprint density at radius 3 is 1.71 bits per heavy atom. The van der Waals surface area contributed by atoms with Crippen molar-refractivity contribution in [3.05, 3.63) is 71.8 Å². The molecule has 0 aromatic heterocycles. The lowest BCUT2D eigenvalue weighted by molar-refractivity contribution is 0.390. The molecule has 1 fully saturated rings. The first-order valence-corrected chi connectivity index (χ1v) is 7.65. The molecule has 1 heterocycles. The molecule has 1 aliphatic rings. The van der Waals surface area contributed by atoms with Crippen LogP contribution in [0.5, 0.6) is 0 Å². The number of hydrogen-bond acceptors (Lipinski definition) is 3. The highest BCUT2D eigenvalue weighted by Gasteiger charge is 2.36. The second-order valence-corrected chi connectivity index (χ2v) is 5.62. The van der Waals surface area contributed by atoms with E-state index in [-0.39, 0.29) is 0 Å². The van der Waals surface area contributed by atoms with Crippen molar-refractivity contribution in [2.75, 3.05) is 13.6 Å². The fourth-order valence-electron chi connectivity index (χ4n) is 3.21. The first-order valence-electron chi connectivity index (χ1n) is 7.65. The predicted octanol–water partition coefficient (Wildman–Crippen LogP) is 2.80. The molecule has 3 N–H and O–H groups in total. The van der Waals surface area contributed by atoms with Crippen LogP contribution in [-0.4, -0.2) is 13.6 Å². The maximum Gasteiger partial charge on any atom is 0.0509 e. The molecule has 0 radical (unpaired) electrons. The van der Waals surface area contributed by atoms with E-state index in [1.165, 1.54) is 11.1 Å². The second kappa shape index (κ2) is 6.85. The number of nitrogens with one attached hydrogen (secondary N) is 3. The summed E-state index contributed by atoms with van der Waals surface area (Å²) in [7, 11) is 2.02. The SMILES string of the molecule is CNCCC1C(c2ccccc2)NNC1c1ccccc1. The lowest BCUT2D eigenvalue weighted by Gasteiger charge is -2.23. The van der Waals surface area contributed by atoms with Gasteiger partial charge in [0.1, 0.15) is 0 Å². The topological polar surface area (TPSA) is 36.1 Å². The zero-order chi connectivity index (χ0) is 14.5. The monoisotopic (exact) mass is 281 g/mol. The van der Waals surface area contributed by atoms with Crippen LogP contribution in [0.3, 0.4) is 0 Å². The van der Waals surface area contributed by atoms with Crippen LogP contribution in [0.25, 0.3) is 0 Å². The Morgan fingerprint density at radius 1 is 0.810 bits per heavy atom. The smallest absolute Gasteiger partial charge is 0.0509 e. The van der Waals surface area contributed by atoms with E-state index < -0.39 is 0 Å². The average molecular weight is 281 g/mol. The summed E-state index contributed by atoms with van der Waals surface area (Å²) >= 11 is 0. The number of hydrogen-bond donors (Lipinski definition) is 3. The summed E-state index contributed by atoms with van der Waals surface area (Å²) in [5.74, 6) is 0.530. The third kappa shape index (κ3) is 3.16. The molecule has 1 aliphatic heterocycles. The van der Waals surface area contributed by atoms with Gasteiger partial charge in [0.15, 0.2) is 0 Å². The van der Waals surface area contributed by atoms with Crippen molar-refractivity contribution in [2.45, 2.75) is 18.5 Å². The van der Waals surface area contributed by atoms with E-state index in [2.05, 4.69) is 76.8 Å². The minimum atomic E-state index is 0.352. The van der Waals surface area contributed by atoms with Gasteiger partial charge in [0.05, 0.1) is 12.1 Å². The van der Waals surface area contributed by atoms with Gasteiger partial charge in [-0.15, -0.1) is 0 Å². The minimum Gasteiger partial charge on any atom is -0.320 e. The van der Waals surface area contributed by atoms with E-state index in [9.17, 15) is 0 Å². The quantitative estimate of drug-likeness (QED) is 0.789. The van der Waals surface area contributed by atoms with Crippen molar-refractivity contribution >= 4 is 0 Å². The fraction of sp³-hybridized carbons (Fsp3) is 0.333. The average Bonchev–Trinajstić information content (AvgIpc) is 2.98. The van der Waals surface area contributed by atoms with Crippen LogP contribution >= 0.6 is 0 Å². The molecule has 0 saturated carbocycles. The first-order chi connectivity index (χ1) is 10.4. The Bertz CT molecular complexity index is 493. The van der Waals surface area contributed by atoms with E-state index in [1.54, 1.807) is 0 Å². The molecule has 0 spiro atoms. The molecule has 21 heavy (non-hydrogen) atoms. The molecule has 3 rings (SSSR count). The zero-order valence-electron chi connectivity index (χ0n) is 12.4. The molecule has 1 saturated heterocycles. The molecule has 3 nitrogen and oxygen atoms in total. The summed E-state index contributed by atoms with van der Waals surface area (Å²) < 4.78 is 0. The minimum absolute atomic E-state index is 0.352. The number of hydrazine groups is 1. The predicted molar refractivity (Wildman–Crippen MR) is 86.7 cm³/mol. The molecule has 2 aromatic rings. The van der Waals surface area contributed by atoms with Crippen LogP contribution < -0.4 is 16.2 Å². The second-order valence-electron chi connectivity index (χ2n) is 5.62. The highest BCUT2D eigenvalue weighted by Crippen LogP contribution is 2.38. The summed E-state index contributed by atoms with van der Waals surface area (Å²) in [4.78, 5) is 0. The van der Waals surface area contributed by atoms with Crippen LogP contribution in [0.4, 0.5) is 0 Å². The largest absolute Gasteiger partial charge is 0.320 e. The van der Waals surface area contributed by atoms with Gasteiger partial charge in [0.25, 0.3) is 0 Å². The van der Waals surface area contributed by atoms with Gasteiger partial charge in [-0.1, -0.05) is 60.7 Å². The maximum absolute atomic E-state index is 3.50. The van der Waals surface area contributed by atoms with Crippen molar-refractivity contribution in [3.63, 3.8) is 0 Å². The van der Waals surface area contributed by atoms with Crippen molar-refractivity contribution in [3.8, 4) is 0 Å². The number of benzene rings is 2. The van der Waals surface area contributed by atoms with Gasteiger partial charge < -0.3 is 5.32 Å². The third-order valence-electron chi connectivity index (χ3n) is 4.30. The van der Waals surface area contributed by atoms with Gasteiger partial charge >= 0.3 is 0 Å². The molecule has 2 unspecified atom stereocenters. The highest BCUT2D eigenvalue weighted by molar-refractivity contribution is 5.26. The summed E-state index contributed by atoms with van der Waals surface area (Å²) in [6.07, 6.45) is 1.13. The summed E-state index contributed by atoms with van der Waals surface area (Å²) in [5.41, 5.74) is 9.71. The van der Waals surface area contributed by atoms with Crippen LogP contribution in [0.2, 0.25) is 0 Å². The van der Waals surface area contributed by atoms with Gasteiger partial charge in [-0.3, -0.25) is 0 Å². The lowest BCUT2D eigenvalue weighted by Crippen LogP contribution is -2.26. The molecular weight excluding hydrogens is 258 g/mol. The van der Waals surface area contributed by atoms with Crippen LogP contribution in [0.1, 0.15) is 29.6 Å². The van der Waals surface area contributed by atoms with E-state index in [0.717, 1.165) is 13.0 Å². The Morgan fingerprint density at radius 2 is 1.29 bits per heavy atom. The third-order valence-corrected chi connectivity index (χ3v) is 4.30. The molecule has 3 heteroatoms. The molecule has 110 valence electrons. The standard InChI is InChI=1S/C18H23N3/c1-19-13-12-16-17(14-8-4-2-5-9-14)20-21-18(16)15-10-6-3-7-11-15/h2-11,16-21H,12-13H2,1H3. The maximum atomic E-state index is 3.50. The van der Waals surface area contributed by atoms with Gasteiger partial charge in [-0.05, 0) is 31.1 Å². The van der Waals surface area contributed by atoms with Crippen molar-refractivity contribution in [1.29, 1.82) is 0 Å². The Hall–Kier alpha value is -1.68. The summed E-state index contributed by atoms with van der Waals surface area (Å²) in [6.45, 7) is 1.03. The summed E-state index contributed by atoms with van der Waals surface area (Å²) in [5, 5.41) is 3.28. The van der Waals surface area contributed by atoms with E-state index >= 15 is 0 Å². The van der Waals surface area contributed by atoms with E-state index in [0.29, 0.717) is 18.0 Å². The van der Waals surface area contributed by atoms with Crippen LogP contribution in [0.15, 0.2) is 60.7 Å². The lowest BCUT2D eigenvalue weighted by atomic mass is 9.84. The van der Waals surface area contributed by atoms with Gasteiger partial charge in [0, 0.05) is 5.92 Å². The molecule has 2 atom stereocenters. The normalized spacial score (nSPS) is 25.1. The van der Waals surface area contributed by atoms with E-state index in [1.807, 2.05) is 7.05 Å². The zero-order valence-corrected chi connectivity index (χ0v) is 12.4. The first kappa shape index (κ1) is 14.3. The van der Waals surface area contributed by atoms with Crippen molar-refractivity contribution in [1.82, 2.24) is 16.2 Å². The number of rotatable bonds is 5. The van der Waals surface area contributed by atoms with Crippen molar-refractivity contribution in [2.24, 2.45) is 5.92 Å². The van der Waals surface area contributed by atoms with Crippen LogP contribution in [0, 0.1) is 5.92 Å². The Balaban J connectivity index is 1.85. The van der Waals surface area contributed by atoms with Crippen LogP contribution in [-0.2, 0) is 0 Å². The van der Waals surface area contributed by atoms with Gasteiger partial charge in [-0.25, -0.2) is 10.9 Å². The molecule has 0 amide bonds. The fourth-order valence-corrected chi connectivity index (χ4v) is 3.21. The summed E-state index contributed by atoms with van der Waals surface area (Å²) in [6, 6.07) is 22.1. The molecule has 2 aromatic carbocycles.